The average molecular weight is 304 g/mol. The molecule has 21 heavy (non-hydrogen) atoms. The molecule has 0 unspecified atom stereocenters. The maximum Gasteiger partial charge on any atom is 0.293 e. The molecule has 0 radical (unpaired) electrons. The molecule has 1 aromatic carbocycles. The summed E-state index contributed by atoms with van der Waals surface area (Å²) in [6, 6.07) is 11.7. The second-order valence-electron chi connectivity index (χ2n) is 4.37. The van der Waals surface area contributed by atoms with Crippen LogP contribution in [0, 0.1) is 0 Å². The lowest BCUT2D eigenvalue weighted by atomic mass is 10.4. The highest BCUT2D eigenvalue weighted by Crippen LogP contribution is 2.18. The van der Waals surface area contributed by atoms with E-state index in [1.54, 1.807) is 42.5 Å². The molecule has 0 saturated carbocycles. The van der Waals surface area contributed by atoms with Crippen LogP contribution in [0.2, 0.25) is 0 Å². The first-order valence-electron chi connectivity index (χ1n) is 6.29. The van der Waals surface area contributed by atoms with Crippen molar-refractivity contribution in [3.8, 4) is 11.7 Å². The Hall–Kier alpha value is -2.41. The number of hydrogen-bond acceptors (Lipinski definition) is 6. The van der Waals surface area contributed by atoms with Gasteiger partial charge in [-0.15, -0.1) is 0 Å². The molecule has 6 nitrogen and oxygen atoms in total. The van der Waals surface area contributed by atoms with Crippen LogP contribution >= 0.6 is 0 Å². The predicted octanol–water partition coefficient (Wildman–Crippen LogP) is 2.35. The minimum absolute atomic E-state index is 0.0753. The van der Waals surface area contributed by atoms with Crippen LogP contribution in [0.25, 0.3) is 11.7 Å². The Balaban J connectivity index is 1.71. The first kappa shape index (κ1) is 13.6. The summed E-state index contributed by atoms with van der Waals surface area (Å²) in [4.78, 5) is 4.40. The molecule has 2 heterocycles. The van der Waals surface area contributed by atoms with E-state index in [0.717, 1.165) is 0 Å². The summed E-state index contributed by atoms with van der Waals surface area (Å²) in [7, 11) is -3.35. The highest BCUT2D eigenvalue weighted by molar-refractivity contribution is 7.91. The third-order valence-electron chi connectivity index (χ3n) is 2.90. The molecule has 3 aromatic rings. The lowest BCUT2D eigenvalue weighted by molar-refractivity contribution is 0.409. The van der Waals surface area contributed by atoms with Gasteiger partial charge in [-0.25, -0.2) is 8.42 Å². The lowest BCUT2D eigenvalue weighted by Crippen LogP contribution is -2.09. The van der Waals surface area contributed by atoms with Crippen molar-refractivity contribution in [2.75, 3.05) is 5.75 Å². The molecule has 0 saturated heterocycles. The molecule has 2 aromatic heterocycles. The Morgan fingerprint density at radius 1 is 1.05 bits per heavy atom. The Kier molecular flexibility index (Phi) is 3.57. The number of furan rings is 1. The summed E-state index contributed by atoms with van der Waals surface area (Å²) in [6.45, 7) is 0. The van der Waals surface area contributed by atoms with Crippen molar-refractivity contribution >= 4 is 9.84 Å². The van der Waals surface area contributed by atoms with Gasteiger partial charge in [-0.2, -0.15) is 4.98 Å². The molecule has 0 N–H and O–H groups in total. The molecule has 3 rings (SSSR count). The zero-order valence-corrected chi connectivity index (χ0v) is 11.8. The quantitative estimate of drug-likeness (QED) is 0.719. The fourth-order valence-corrected chi connectivity index (χ4v) is 3.09. The largest absolute Gasteiger partial charge is 0.459 e. The third kappa shape index (κ3) is 3.03. The second-order valence-corrected chi connectivity index (χ2v) is 6.48. The second kappa shape index (κ2) is 5.53. The van der Waals surface area contributed by atoms with E-state index in [-0.39, 0.29) is 18.1 Å². The minimum Gasteiger partial charge on any atom is -0.459 e. The van der Waals surface area contributed by atoms with Gasteiger partial charge in [0.25, 0.3) is 5.89 Å². The van der Waals surface area contributed by atoms with E-state index in [9.17, 15) is 8.42 Å². The van der Waals surface area contributed by atoms with Crippen LogP contribution in [-0.2, 0) is 16.3 Å². The van der Waals surface area contributed by atoms with E-state index in [4.69, 9.17) is 8.94 Å². The third-order valence-corrected chi connectivity index (χ3v) is 4.63. The standard InChI is InChI=1S/C14H12N2O4S/c17-21(18,11-5-2-1-3-6-11)10-8-13-15-14(20-16-13)12-7-4-9-19-12/h1-7,9H,8,10H2. The summed E-state index contributed by atoms with van der Waals surface area (Å²) in [5.74, 6) is 0.960. The van der Waals surface area contributed by atoms with Crippen LogP contribution in [0.4, 0.5) is 0 Å². The molecule has 0 amide bonds. The van der Waals surface area contributed by atoms with E-state index < -0.39 is 9.84 Å². The van der Waals surface area contributed by atoms with Gasteiger partial charge in [0.05, 0.1) is 16.9 Å². The van der Waals surface area contributed by atoms with Crippen LogP contribution in [-0.4, -0.2) is 24.3 Å². The Bertz CT molecular complexity index is 808. The first-order valence-corrected chi connectivity index (χ1v) is 7.95. The Morgan fingerprint density at radius 3 is 2.57 bits per heavy atom. The summed E-state index contributed by atoms with van der Waals surface area (Å²) in [6.07, 6.45) is 1.68. The fraction of sp³-hybridized carbons (Fsp3) is 0.143. The van der Waals surface area contributed by atoms with Crippen molar-refractivity contribution in [1.82, 2.24) is 10.1 Å². The van der Waals surface area contributed by atoms with Crippen LogP contribution in [0.5, 0.6) is 0 Å². The van der Waals surface area contributed by atoms with E-state index in [1.807, 2.05) is 0 Å². The zero-order chi connectivity index (χ0) is 14.7. The smallest absolute Gasteiger partial charge is 0.293 e. The van der Waals surface area contributed by atoms with Gasteiger partial charge in [-0.05, 0) is 24.3 Å². The number of hydrogen-bond donors (Lipinski definition) is 0. The molecule has 0 fully saturated rings. The SMILES string of the molecule is O=S(=O)(CCc1noc(-c2ccco2)n1)c1ccccc1. The van der Waals surface area contributed by atoms with Crippen LogP contribution < -0.4 is 0 Å². The average Bonchev–Trinajstić information content (AvgIpc) is 3.17. The summed E-state index contributed by atoms with van der Waals surface area (Å²) >= 11 is 0. The van der Waals surface area contributed by atoms with E-state index in [2.05, 4.69) is 10.1 Å². The fourth-order valence-electron chi connectivity index (χ4n) is 1.83. The zero-order valence-electron chi connectivity index (χ0n) is 11.0. The number of aryl methyl sites for hydroxylation is 1. The van der Waals surface area contributed by atoms with Crippen molar-refractivity contribution in [2.24, 2.45) is 0 Å². The molecule has 0 aliphatic carbocycles. The normalized spacial score (nSPS) is 11.6. The summed E-state index contributed by atoms with van der Waals surface area (Å²) in [5.41, 5.74) is 0. The number of rotatable bonds is 5. The maximum absolute atomic E-state index is 12.1. The maximum atomic E-state index is 12.1. The van der Waals surface area contributed by atoms with Crippen molar-refractivity contribution < 1.29 is 17.4 Å². The number of nitrogens with zero attached hydrogens (tertiary/aromatic N) is 2. The highest BCUT2D eigenvalue weighted by Gasteiger charge is 2.17. The molecule has 0 bridgehead atoms. The van der Waals surface area contributed by atoms with E-state index in [1.165, 1.54) is 6.26 Å². The van der Waals surface area contributed by atoms with Crippen LogP contribution in [0.3, 0.4) is 0 Å². The Morgan fingerprint density at radius 2 is 1.86 bits per heavy atom. The van der Waals surface area contributed by atoms with Gasteiger partial charge in [0.2, 0.25) is 0 Å². The van der Waals surface area contributed by atoms with Gasteiger partial charge in [-0.1, -0.05) is 23.4 Å². The van der Waals surface area contributed by atoms with Gasteiger partial charge < -0.3 is 8.94 Å². The molecule has 7 heteroatoms. The Labute approximate surface area is 121 Å². The summed E-state index contributed by atoms with van der Waals surface area (Å²) in [5, 5.41) is 3.76. The summed E-state index contributed by atoms with van der Waals surface area (Å²) < 4.78 is 34.4. The van der Waals surface area contributed by atoms with Gasteiger partial charge in [0.15, 0.2) is 21.4 Å². The van der Waals surface area contributed by atoms with Crippen LogP contribution in [0.15, 0.2) is 62.6 Å². The minimum atomic E-state index is -3.35. The van der Waals surface area contributed by atoms with Gasteiger partial charge in [0.1, 0.15) is 0 Å². The number of benzene rings is 1. The monoisotopic (exact) mass is 304 g/mol. The first-order chi connectivity index (χ1) is 10.1. The molecule has 0 spiro atoms. The van der Waals surface area contributed by atoms with Gasteiger partial charge in [-0.3, -0.25) is 0 Å². The molecular formula is C14H12N2O4S. The topological polar surface area (TPSA) is 86.2 Å². The molecule has 0 aliphatic rings. The van der Waals surface area contributed by atoms with Gasteiger partial charge >= 0.3 is 0 Å². The van der Waals surface area contributed by atoms with E-state index >= 15 is 0 Å². The van der Waals surface area contributed by atoms with Gasteiger partial charge in [0, 0.05) is 6.42 Å². The van der Waals surface area contributed by atoms with Crippen molar-refractivity contribution in [2.45, 2.75) is 11.3 Å². The predicted molar refractivity (Wildman–Crippen MR) is 74.2 cm³/mol. The van der Waals surface area contributed by atoms with E-state index in [0.29, 0.717) is 16.5 Å². The lowest BCUT2D eigenvalue weighted by Gasteiger charge is -2.01. The number of aromatic nitrogens is 2. The van der Waals surface area contributed by atoms with Crippen molar-refractivity contribution in [3.63, 3.8) is 0 Å². The number of sulfone groups is 1. The van der Waals surface area contributed by atoms with Crippen LogP contribution in [0.1, 0.15) is 5.82 Å². The van der Waals surface area contributed by atoms with Crippen molar-refractivity contribution in [3.05, 3.63) is 54.6 Å². The highest BCUT2D eigenvalue weighted by atomic mass is 32.2. The molecule has 108 valence electrons. The molecule has 0 atom stereocenters. The molecule has 0 aliphatic heterocycles. The van der Waals surface area contributed by atoms with Crippen molar-refractivity contribution in [1.29, 1.82) is 0 Å². The molecular weight excluding hydrogens is 292 g/mol.